The summed E-state index contributed by atoms with van der Waals surface area (Å²) in [5.41, 5.74) is 5.63. The summed E-state index contributed by atoms with van der Waals surface area (Å²) in [6, 6.07) is 5.94. The Balaban J connectivity index is 2.74. The minimum atomic E-state index is -1.22. The van der Waals surface area contributed by atoms with E-state index in [2.05, 4.69) is 5.32 Å². The van der Waals surface area contributed by atoms with Crippen molar-refractivity contribution in [1.82, 2.24) is 0 Å². The van der Waals surface area contributed by atoms with E-state index < -0.39 is 24.2 Å². The van der Waals surface area contributed by atoms with E-state index >= 15 is 0 Å². The van der Waals surface area contributed by atoms with Crippen molar-refractivity contribution in [2.45, 2.75) is 6.42 Å². The van der Waals surface area contributed by atoms with Gasteiger partial charge in [0.25, 0.3) is 0 Å². The highest BCUT2D eigenvalue weighted by Crippen LogP contribution is 2.10. The van der Waals surface area contributed by atoms with Gasteiger partial charge >= 0.3 is 5.97 Å². The van der Waals surface area contributed by atoms with Gasteiger partial charge in [0.2, 0.25) is 11.8 Å². The molecule has 0 atom stereocenters. The number of carboxylic acid groups (broad SMARTS) is 1. The largest absolute Gasteiger partial charge is 0.481 e. The predicted molar refractivity (Wildman–Crippen MR) is 55.8 cm³/mol. The topological polar surface area (TPSA) is 109 Å². The normalized spacial score (nSPS) is 9.50. The van der Waals surface area contributed by atoms with Gasteiger partial charge in [0.05, 0.1) is 0 Å². The van der Waals surface area contributed by atoms with Crippen molar-refractivity contribution in [3.63, 3.8) is 0 Å². The van der Waals surface area contributed by atoms with Crippen LogP contribution in [-0.4, -0.2) is 22.9 Å². The molecule has 0 aliphatic carbocycles. The summed E-state index contributed by atoms with van der Waals surface area (Å²) in [5.74, 6) is -2.49. The Morgan fingerprint density at radius 1 is 1.31 bits per heavy atom. The van der Waals surface area contributed by atoms with Crippen LogP contribution in [0.3, 0.4) is 0 Å². The number of carbonyl (C=O) groups excluding carboxylic acids is 2. The van der Waals surface area contributed by atoms with E-state index in [-0.39, 0.29) is 5.56 Å². The number of carbonyl (C=O) groups is 3. The Morgan fingerprint density at radius 3 is 2.56 bits per heavy atom. The molecule has 1 rings (SSSR count). The van der Waals surface area contributed by atoms with E-state index in [4.69, 9.17) is 10.8 Å². The lowest BCUT2D eigenvalue weighted by atomic mass is 10.2. The standard InChI is InChI=1S/C10H10N2O4/c11-10(16)6-2-1-3-7(4-6)12-8(13)5-9(14)15/h1-4H,5H2,(H2,11,16)(H,12,13)(H,14,15). The van der Waals surface area contributed by atoms with Crippen molar-refractivity contribution < 1.29 is 19.5 Å². The van der Waals surface area contributed by atoms with Crippen LogP contribution >= 0.6 is 0 Å². The number of benzene rings is 1. The molecule has 84 valence electrons. The van der Waals surface area contributed by atoms with Gasteiger partial charge in [-0.15, -0.1) is 0 Å². The molecular weight excluding hydrogens is 212 g/mol. The van der Waals surface area contributed by atoms with Crippen LogP contribution in [0.2, 0.25) is 0 Å². The molecular formula is C10H10N2O4. The van der Waals surface area contributed by atoms with Gasteiger partial charge in [-0.25, -0.2) is 0 Å². The predicted octanol–water partition coefficient (Wildman–Crippen LogP) is 0.199. The number of hydrogen-bond donors (Lipinski definition) is 3. The summed E-state index contributed by atoms with van der Waals surface area (Å²) in [6.07, 6.45) is -0.624. The van der Waals surface area contributed by atoms with Crippen LogP contribution in [0, 0.1) is 0 Å². The van der Waals surface area contributed by atoms with Gasteiger partial charge in [-0.1, -0.05) is 6.07 Å². The molecule has 0 bridgehead atoms. The molecule has 6 nitrogen and oxygen atoms in total. The van der Waals surface area contributed by atoms with Gasteiger partial charge in [-0.2, -0.15) is 0 Å². The van der Waals surface area contributed by atoms with Crippen LogP contribution in [0.15, 0.2) is 24.3 Å². The Kier molecular flexibility index (Phi) is 3.60. The molecule has 0 aromatic heterocycles. The average Bonchev–Trinajstić information content (AvgIpc) is 2.16. The van der Waals surface area contributed by atoms with Crippen LogP contribution in [0.25, 0.3) is 0 Å². The van der Waals surface area contributed by atoms with E-state index in [1.54, 1.807) is 0 Å². The summed E-state index contributed by atoms with van der Waals surface area (Å²) >= 11 is 0. The molecule has 0 saturated carbocycles. The third-order valence-electron chi connectivity index (χ3n) is 1.74. The molecule has 2 amide bonds. The quantitative estimate of drug-likeness (QED) is 0.632. The summed E-state index contributed by atoms with van der Waals surface area (Å²) in [5, 5.41) is 10.7. The van der Waals surface area contributed by atoms with Crippen LogP contribution in [0.4, 0.5) is 5.69 Å². The molecule has 0 fully saturated rings. The van der Waals surface area contributed by atoms with Crippen molar-refractivity contribution in [3.8, 4) is 0 Å². The maximum absolute atomic E-state index is 11.1. The van der Waals surface area contributed by atoms with Crippen molar-refractivity contribution in [1.29, 1.82) is 0 Å². The first-order valence-electron chi connectivity index (χ1n) is 4.40. The summed E-state index contributed by atoms with van der Waals surface area (Å²) in [6.45, 7) is 0. The van der Waals surface area contributed by atoms with Gasteiger partial charge < -0.3 is 16.2 Å². The number of rotatable bonds is 4. The van der Waals surface area contributed by atoms with E-state index in [1.165, 1.54) is 24.3 Å². The summed E-state index contributed by atoms with van der Waals surface area (Å²) in [4.78, 5) is 32.2. The van der Waals surface area contributed by atoms with Crippen molar-refractivity contribution >= 4 is 23.5 Å². The molecule has 16 heavy (non-hydrogen) atoms. The van der Waals surface area contributed by atoms with Crippen molar-refractivity contribution in [2.75, 3.05) is 5.32 Å². The maximum Gasteiger partial charge on any atom is 0.312 e. The number of nitrogens with one attached hydrogen (secondary N) is 1. The minimum absolute atomic E-state index is 0.244. The van der Waals surface area contributed by atoms with Gasteiger partial charge in [0.1, 0.15) is 6.42 Å². The molecule has 0 unspecified atom stereocenters. The number of primary amides is 1. The lowest BCUT2D eigenvalue weighted by molar-refractivity contribution is -0.139. The van der Waals surface area contributed by atoms with E-state index in [9.17, 15) is 14.4 Å². The zero-order valence-electron chi connectivity index (χ0n) is 8.27. The fourth-order valence-corrected chi connectivity index (χ4v) is 1.09. The average molecular weight is 222 g/mol. The SMILES string of the molecule is NC(=O)c1cccc(NC(=O)CC(=O)O)c1. The highest BCUT2D eigenvalue weighted by molar-refractivity contribution is 6.02. The third kappa shape index (κ3) is 3.41. The molecule has 0 spiro atoms. The van der Waals surface area contributed by atoms with Crippen LogP contribution in [-0.2, 0) is 9.59 Å². The zero-order valence-corrected chi connectivity index (χ0v) is 8.27. The molecule has 0 radical (unpaired) electrons. The second-order valence-corrected chi connectivity index (χ2v) is 3.06. The molecule has 0 aliphatic heterocycles. The van der Waals surface area contributed by atoms with Gasteiger partial charge in [0, 0.05) is 11.3 Å². The number of hydrogen-bond acceptors (Lipinski definition) is 3. The number of aliphatic carboxylic acids is 1. The molecule has 1 aromatic carbocycles. The second kappa shape index (κ2) is 4.92. The van der Waals surface area contributed by atoms with Crippen molar-refractivity contribution in [2.24, 2.45) is 5.73 Å². The first kappa shape index (κ1) is 11.7. The highest BCUT2D eigenvalue weighted by atomic mass is 16.4. The number of amides is 2. The number of anilines is 1. The molecule has 1 aromatic rings. The van der Waals surface area contributed by atoms with Crippen molar-refractivity contribution in [3.05, 3.63) is 29.8 Å². The van der Waals surface area contributed by atoms with E-state index in [0.717, 1.165) is 0 Å². The van der Waals surface area contributed by atoms with Crippen LogP contribution in [0.5, 0.6) is 0 Å². The highest BCUT2D eigenvalue weighted by Gasteiger charge is 2.08. The lowest BCUT2D eigenvalue weighted by Gasteiger charge is -2.04. The Labute approximate surface area is 91.1 Å². The fraction of sp³-hybridized carbons (Fsp3) is 0.100. The van der Waals surface area contributed by atoms with Crippen LogP contribution < -0.4 is 11.1 Å². The first-order valence-corrected chi connectivity index (χ1v) is 4.40. The van der Waals surface area contributed by atoms with Crippen LogP contribution in [0.1, 0.15) is 16.8 Å². The third-order valence-corrected chi connectivity index (χ3v) is 1.74. The molecule has 0 heterocycles. The minimum Gasteiger partial charge on any atom is -0.481 e. The summed E-state index contributed by atoms with van der Waals surface area (Å²) < 4.78 is 0. The summed E-state index contributed by atoms with van der Waals surface area (Å²) in [7, 11) is 0. The monoisotopic (exact) mass is 222 g/mol. The molecule has 0 saturated heterocycles. The Morgan fingerprint density at radius 2 is 2.00 bits per heavy atom. The molecule has 6 heteroatoms. The smallest absolute Gasteiger partial charge is 0.312 e. The second-order valence-electron chi connectivity index (χ2n) is 3.06. The Hall–Kier alpha value is -2.37. The maximum atomic E-state index is 11.1. The number of carboxylic acids is 1. The fourth-order valence-electron chi connectivity index (χ4n) is 1.09. The van der Waals surface area contributed by atoms with Gasteiger partial charge in [0.15, 0.2) is 0 Å². The molecule has 0 aliphatic rings. The first-order chi connectivity index (χ1) is 7.49. The lowest BCUT2D eigenvalue weighted by Crippen LogP contribution is -2.17. The van der Waals surface area contributed by atoms with E-state index in [1.807, 2.05) is 0 Å². The number of nitrogens with two attached hydrogens (primary N) is 1. The van der Waals surface area contributed by atoms with Gasteiger partial charge in [-0.3, -0.25) is 14.4 Å². The van der Waals surface area contributed by atoms with Gasteiger partial charge in [-0.05, 0) is 18.2 Å². The Bertz CT molecular complexity index is 442. The van der Waals surface area contributed by atoms with E-state index in [0.29, 0.717) is 5.69 Å². The zero-order chi connectivity index (χ0) is 12.1. The molecule has 4 N–H and O–H groups in total.